The number of para-hydroxylation sites is 1. The Bertz CT molecular complexity index is 479. The zero-order valence-corrected chi connectivity index (χ0v) is 9.10. The van der Waals surface area contributed by atoms with Gasteiger partial charge in [-0.15, -0.1) is 0 Å². The fraction of sp³-hybridized carbons (Fsp3) is 0.182. The lowest BCUT2D eigenvalue weighted by atomic mass is 10.2. The van der Waals surface area contributed by atoms with E-state index in [2.05, 4.69) is 10.6 Å². The highest BCUT2D eigenvalue weighted by Gasteiger charge is 2.14. The average molecular weight is 233 g/mol. The van der Waals surface area contributed by atoms with Crippen molar-refractivity contribution in [3.8, 4) is 6.07 Å². The molecular weight excluding hydrogens is 222 g/mol. The Balaban J connectivity index is 2.69. The number of carboxylic acid groups (broad SMARTS) is 1. The van der Waals surface area contributed by atoms with E-state index in [4.69, 9.17) is 10.4 Å². The summed E-state index contributed by atoms with van der Waals surface area (Å²) in [7, 11) is 0. The van der Waals surface area contributed by atoms with Crippen LogP contribution >= 0.6 is 0 Å². The summed E-state index contributed by atoms with van der Waals surface area (Å²) in [5, 5.41) is 22.0. The second-order valence-corrected chi connectivity index (χ2v) is 3.32. The van der Waals surface area contributed by atoms with Gasteiger partial charge < -0.3 is 15.7 Å². The molecule has 17 heavy (non-hydrogen) atoms. The number of rotatable bonds is 3. The number of nitrogens with one attached hydrogen (secondary N) is 2. The van der Waals surface area contributed by atoms with E-state index in [1.165, 1.54) is 6.92 Å². The average Bonchev–Trinajstić information content (AvgIpc) is 2.29. The van der Waals surface area contributed by atoms with Gasteiger partial charge in [0.05, 0.1) is 11.3 Å². The van der Waals surface area contributed by atoms with E-state index < -0.39 is 18.0 Å². The van der Waals surface area contributed by atoms with Crippen LogP contribution < -0.4 is 10.6 Å². The van der Waals surface area contributed by atoms with Crippen LogP contribution in [0.3, 0.4) is 0 Å². The van der Waals surface area contributed by atoms with Crippen molar-refractivity contribution in [3.05, 3.63) is 29.8 Å². The summed E-state index contributed by atoms with van der Waals surface area (Å²) in [5.74, 6) is -1.13. The highest BCUT2D eigenvalue weighted by Crippen LogP contribution is 2.12. The SMILES string of the molecule is CC(NC(=O)Nc1ccccc1C#N)C(=O)O. The van der Waals surface area contributed by atoms with Crippen molar-refractivity contribution in [2.75, 3.05) is 5.32 Å². The van der Waals surface area contributed by atoms with E-state index in [9.17, 15) is 9.59 Å². The summed E-state index contributed by atoms with van der Waals surface area (Å²) in [6, 6.07) is 6.70. The normalized spacial score (nSPS) is 11.1. The van der Waals surface area contributed by atoms with Crippen molar-refractivity contribution in [1.82, 2.24) is 5.32 Å². The molecule has 1 atom stereocenters. The third-order valence-electron chi connectivity index (χ3n) is 2.01. The molecule has 1 aromatic rings. The number of carbonyl (C=O) groups is 2. The molecule has 3 N–H and O–H groups in total. The summed E-state index contributed by atoms with van der Waals surface area (Å²) in [6.45, 7) is 1.35. The monoisotopic (exact) mass is 233 g/mol. The van der Waals surface area contributed by atoms with Crippen LogP contribution in [0, 0.1) is 11.3 Å². The van der Waals surface area contributed by atoms with E-state index in [0.29, 0.717) is 11.3 Å². The van der Waals surface area contributed by atoms with Gasteiger partial charge in [0.15, 0.2) is 0 Å². The fourth-order valence-electron chi connectivity index (χ4n) is 1.11. The zero-order chi connectivity index (χ0) is 12.8. The summed E-state index contributed by atoms with van der Waals surface area (Å²) >= 11 is 0. The minimum atomic E-state index is -1.13. The third kappa shape index (κ3) is 3.50. The van der Waals surface area contributed by atoms with E-state index in [-0.39, 0.29) is 0 Å². The van der Waals surface area contributed by atoms with Gasteiger partial charge in [-0.3, -0.25) is 4.79 Å². The van der Waals surface area contributed by atoms with Gasteiger partial charge >= 0.3 is 12.0 Å². The van der Waals surface area contributed by atoms with Gasteiger partial charge in [-0.25, -0.2) is 4.79 Å². The molecule has 0 aliphatic carbocycles. The number of hydrogen-bond acceptors (Lipinski definition) is 3. The number of anilines is 1. The standard InChI is InChI=1S/C11H11N3O3/c1-7(10(15)16)13-11(17)14-9-5-3-2-4-8(9)6-12/h2-5,7H,1H3,(H,15,16)(H2,13,14,17). The molecule has 1 aromatic carbocycles. The van der Waals surface area contributed by atoms with Crippen molar-refractivity contribution in [3.63, 3.8) is 0 Å². The van der Waals surface area contributed by atoms with Crippen molar-refractivity contribution in [2.45, 2.75) is 13.0 Å². The van der Waals surface area contributed by atoms with Gasteiger partial charge in [-0.2, -0.15) is 5.26 Å². The predicted molar refractivity (Wildman–Crippen MR) is 60.4 cm³/mol. The molecule has 0 radical (unpaired) electrons. The fourth-order valence-corrected chi connectivity index (χ4v) is 1.11. The lowest BCUT2D eigenvalue weighted by Gasteiger charge is -2.11. The van der Waals surface area contributed by atoms with Crippen molar-refractivity contribution in [2.24, 2.45) is 0 Å². The molecule has 6 nitrogen and oxygen atoms in total. The summed E-state index contributed by atoms with van der Waals surface area (Å²) < 4.78 is 0. The third-order valence-corrected chi connectivity index (χ3v) is 2.01. The lowest BCUT2D eigenvalue weighted by Crippen LogP contribution is -2.40. The van der Waals surface area contributed by atoms with Crippen LogP contribution in [0.2, 0.25) is 0 Å². The Labute approximate surface area is 97.9 Å². The first kappa shape index (κ1) is 12.5. The molecule has 0 aliphatic heterocycles. The number of amides is 2. The topological polar surface area (TPSA) is 102 Å². The summed E-state index contributed by atoms with van der Waals surface area (Å²) in [4.78, 5) is 21.9. The van der Waals surface area contributed by atoms with Gasteiger partial charge in [0.2, 0.25) is 0 Å². The van der Waals surface area contributed by atoms with Gasteiger partial charge in [-0.05, 0) is 19.1 Å². The number of aliphatic carboxylic acids is 1. The highest BCUT2D eigenvalue weighted by molar-refractivity contribution is 5.93. The van der Waals surface area contributed by atoms with Gasteiger partial charge in [-0.1, -0.05) is 12.1 Å². The number of nitrogens with zero attached hydrogens (tertiary/aromatic N) is 1. The van der Waals surface area contributed by atoms with Crippen molar-refractivity contribution in [1.29, 1.82) is 5.26 Å². The number of carboxylic acids is 1. The molecule has 0 spiro atoms. The second-order valence-electron chi connectivity index (χ2n) is 3.32. The van der Waals surface area contributed by atoms with Crippen LogP contribution in [-0.4, -0.2) is 23.1 Å². The molecule has 0 fully saturated rings. The van der Waals surface area contributed by atoms with Crippen LogP contribution in [0.25, 0.3) is 0 Å². The predicted octanol–water partition coefficient (Wildman–Crippen LogP) is 1.15. The molecular formula is C11H11N3O3. The van der Waals surface area contributed by atoms with Crippen molar-refractivity contribution >= 4 is 17.7 Å². The molecule has 0 bridgehead atoms. The first-order valence-corrected chi connectivity index (χ1v) is 4.84. The summed E-state index contributed by atoms with van der Waals surface area (Å²) in [6.07, 6.45) is 0. The Hall–Kier alpha value is -2.55. The van der Waals surface area contributed by atoms with Crippen LogP contribution in [-0.2, 0) is 4.79 Å². The Morgan fingerprint density at radius 1 is 1.41 bits per heavy atom. The molecule has 0 saturated carbocycles. The molecule has 0 saturated heterocycles. The maximum absolute atomic E-state index is 11.4. The first-order valence-electron chi connectivity index (χ1n) is 4.84. The van der Waals surface area contributed by atoms with Gasteiger partial charge in [0.1, 0.15) is 12.1 Å². The minimum absolute atomic E-state index is 0.311. The molecule has 2 amide bonds. The van der Waals surface area contributed by atoms with Crippen LogP contribution in [0.4, 0.5) is 10.5 Å². The largest absolute Gasteiger partial charge is 0.480 e. The van der Waals surface area contributed by atoms with Crippen LogP contribution in [0.1, 0.15) is 12.5 Å². The maximum Gasteiger partial charge on any atom is 0.325 e. The Kier molecular flexibility index (Phi) is 4.06. The van der Waals surface area contributed by atoms with Crippen LogP contribution in [0.5, 0.6) is 0 Å². The minimum Gasteiger partial charge on any atom is -0.480 e. The molecule has 1 unspecified atom stereocenters. The number of urea groups is 1. The van der Waals surface area contributed by atoms with Crippen LogP contribution in [0.15, 0.2) is 24.3 Å². The Morgan fingerprint density at radius 3 is 2.65 bits per heavy atom. The van der Waals surface area contributed by atoms with Crippen molar-refractivity contribution < 1.29 is 14.7 Å². The molecule has 6 heteroatoms. The van der Waals surface area contributed by atoms with Gasteiger partial charge in [0, 0.05) is 0 Å². The molecule has 1 rings (SSSR count). The highest BCUT2D eigenvalue weighted by atomic mass is 16.4. The lowest BCUT2D eigenvalue weighted by molar-refractivity contribution is -0.138. The van der Waals surface area contributed by atoms with E-state index in [1.807, 2.05) is 6.07 Å². The second kappa shape index (κ2) is 5.51. The number of hydrogen-bond donors (Lipinski definition) is 3. The summed E-state index contributed by atoms with van der Waals surface area (Å²) in [5.41, 5.74) is 0.649. The molecule has 0 aromatic heterocycles. The zero-order valence-electron chi connectivity index (χ0n) is 9.10. The number of carbonyl (C=O) groups excluding carboxylic acids is 1. The smallest absolute Gasteiger partial charge is 0.325 e. The van der Waals surface area contributed by atoms with E-state index >= 15 is 0 Å². The quantitative estimate of drug-likeness (QED) is 0.728. The van der Waals surface area contributed by atoms with Gasteiger partial charge in [0.25, 0.3) is 0 Å². The van der Waals surface area contributed by atoms with E-state index in [1.54, 1.807) is 24.3 Å². The molecule has 0 heterocycles. The molecule has 0 aliphatic rings. The molecule has 88 valence electrons. The Morgan fingerprint density at radius 2 is 2.06 bits per heavy atom. The first-order chi connectivity index (χ1) is 8.04. The number of nitriles is 1. The maximum atomic E-state index is 11.4. The van der Waals surface area contributed by atoms with E-state index in [0.717, 1.165) is 0 Å². The number of benzene rings is 1.